The van der Waals surface area contributed by atoms with E-state index in [4.69, 9.17) is 14.5 Å². The third-order valence-corrected chi connectivity index (χ3v) is 9.89. The average Bonchev–Trinajstić information content (AvgIpc) is 3.38. The van der Waals surface area contributed by atoms with Crippen LogP contribution >= 0.6 is 27.3 Å². The van der Waals surface area contributed by atoms with Crippen LogP contribution in [0.3, 0.4) is 0 Å². The SMILES string of the molecule is CCN(CC)C(=O)C1=C(C)N=c2s/c(=C/c3ccc(OCc4ccc(F)cc4)c(Br)c3)c(=O)n2[C@@H]1c1c(OC)ccc2ccccc12. The second-order valence-corrected chi connectivity index (χ2v) is 12.9. The van der Waals surface area contributed by atoms with E-state index < -0.39 is 6.04 Å². The van der Waals surface area contributed by atoms with E-state index in [9.17, 15) is 14.0 Å². The third kappa shape index (κ3) is 6.27. The van der Waals surface area contributed by atoms with Gasteiger partial charge in [-0.05, 0) is 95.0 Å². The molecule has 240 valence electrons. The van der Waals surface area contributed by atoms with Gasteiger partial charge in [0.2, 0.25) is 0 Å². The number of methoxy groups -OCH3 is 1. The van der Waals surface area contributed by atoms with Crippen LogP contribution in [0, 0.1) is 5.82 Å². The first-order valence-corrected chi connectivity index (χ1v) is 16.9. The summed E-state index contributed by atoms with van der Waals surface area (Å²) >= 11 is 4.87. The monoisotopic (exact) mass is 713 g/mol. The molecule has 1 amide bonds. The lowest BCUT2D eigenvalue weighted by Gasteiger charge is -2.30. The number of carbonyl (C=O) groups excluding carboxylic acids is 1. The summed E-state index contributed by atoms with van der Waals surface area (Å²) in [6.45, 7) is 7.04. The van der Waals surface area contributed by atoms with Crippen LogP contribution in [0.5, 0.6) is 11.5 Å². The van der Waals surface area contributed by atoms with Crippen molar-refractivity contribution in [3.8, 4) is 11.5 Å². The van der Waals surface area contributed by atoms with Crippen molar-refractivity contribution >= 4 is 50.0 Å². The lowest BCUT2D eigenvalue weighted by molar-refractivity contribution is -0.127. The number of halogens is 2. The number of likely N-dealkylation sites (N-methyl/N-ethyl adjacent to an activating group) is 1. The number of aromatic nitrogens is 1. The van der Waals surface area contributed by atoms with E-state index in [1.54, 1.807) is 28.7 Å². The Morgan fingerprint density at radius 1 is 1.04 bits per heavy atom. The number of nitrogens with zero attached hydrogens (tertiary/aromatic N) is 3. The van der Waals surface area contributed by atoms with E-state index in [0.29, 0.717) is 49.7 Å². The van der Waals surface area contributed by atoms with Gasteiger partial charge in [0, 0.05) is 18.7 Å². The summed E-state index contributed by atoms with van der Waals surface area (Å²) in [4.78, 5) is 35.6. The van der Waals surface area contributed by atoms with Crippen molar-refractivity contribution in [1.29, 1.82) is 0 Å². The Morgan fingerprint density at radius 2 is 1.77 bits per heavy atom. The van der Waals surface area contributed by atoms with Gasteiger partial charge in [0.25, 0.3) is 11.5 Å². The molecule has 10 heteroatoms. The van der Waals surface area contributed by atoms with E-state index in [1.165, 1.54) is 23.5 Å². The van der Waals surface area contributed by atoms with Gasteiger partial charge in [-0.25, -0.2) is 9.38 Å². The van der Waals surface area contributed by atoms with Crippen molar-refractivity contribution in [2.75, 3.05) is 20.2 Å². The zero-order chi connectivity index (χ0) is 33.2. The molecule has 1 aliphatic rings. The lowest BCUT2D eigenvalue weighted by Crippen LogP contribution is -2.43. The van der Waals surface area contributed by atoms with Gasteiger partial charge in [-0.1, -0.05) is 59.9 Å². The fraction of sp³-hybridized carbons (Fsp3) is 0.216. The van der Waals surface area contributed by atoms with E-state index in [0.717, 1.165) is 27.5 Å². The maximum atomic E-state index is 14.4. The largest absolute Gasteiger partial charge is 0.496 e. The van der Waals surface area contributed by atoms with Crippen LogP contribution < -0.4 is 24.4 Å². The van der Waals surface area contributed by atoms with Crippen LogP contribution in [-0.4, -0.2) is 35.6 Å². The molecule has 1 aliphatic heterocycles. The summed E-state index contributed by atoms with van der Waals surface area (Å²) in [6.07, 6.45) is 1.82. The van der Waals surface area contributed by atoms with Gasteiger partial charge in [-0.3, -0.25) is 14.2 Å². The molecule has 4 aromatic carbocycles. The van der Waals surface area contributed by atoms with Crippen molar-refractivity contribution in [1.82, 2.24) is 9.47 Å². The highest BCUT2D eigenvalue weighted by Crippen LogP contribution is 2.40. The number of amides is 1. The molecule has 0 aliphatic carbocycles. The predicted molar refractivity (Wildman–Crippen MR) is 187 cm³/mol. The number of hydrogen-bond acceptors (Lipinski definition) is 6. The zero-order valence-electron chi connectivity index (χ0n) is 26.4. The molecule has 0 bridgehead atoms. The van der Waals surface area contributed by atoms with E-state index in [-0.39, 0.29) is 23.9 Å². The highest BCUT2D eigenvalue weighted by molar-refractivity contribution is 9.10. The van der Waals surface area contributed by atoms with Gasteiger partial charge in [0.15, 0.2) is 4.80 Å². The van der Waals surface area contributed by atoms with E-state index in [2.05, 4.69) is 15.9 Å². The number of benzene rings is 4. The second-order valence-electron chi connectivity index (χ2n) is 11.1. The minimum absolute atomic E-state index is 0.161. The summed E-state index contributed by atoms with van der Waals surface area (Å²) in [5, 5.41) is 1.87. The smallest absolute Gasteiger partial charge is 0.271 e. The molecule has 0 spiro atoms. The van der Waals surface area contributed by atoms with Gasteiger partial charge in [-0.2, -0.15) is 0 Å². The number of rotatable bonds is 9. The Kier molecular flexibility index (Phi) is 9.42. The molecule has 0 saturated carbocycles. The quantitative estimate of drug-likeness (QED) is 0.170. The normalized spacial score (nSPS) is 14.6. The van der Waals surface area contributed by atoms with Gasteiger partial charge in [0.05, 0.1) is 27.4 Å². The Hall–Kier alpha value is -4.54. The van der Waals surface area contributed by atoms with E-state index in [1.807, 2.05) is 81.4 Å². The molecule has 47 heavy (non-hydrogen) atoms. The molecule has 0 N–H and O–H groups in total. The first kappa shape index (κ1) is 32.4. The number of thiazole rings is 1. The molecule has 2 heterocycles. The first-order chi connectivity index (χ1) is 22.7. The van der Waals surface area contributed by atoms with Crippen LogP contribution in [0.1, 0.15) is 43.5 Å². The van der Waals surface area contributed by atoms with Gasteiger partial charge < -0.3 is 14.4 Å². The van der Waals surface area contributed by atoms with Gasteiger partial charge in [0.1, 0.15) is 30.0 Å². The number of hydrogen-bond donors (Lipinski definition) is 0. The fourth-order valence-electron chi connectivity index (χ4n) is 5.90. The molecule has 0 fully saturated rings. The molecule has 5 aromatic rings. The van der Waals surface area contributed by atoms with Gasteiger partial charge in [-0.15, -0.1) is 0 Å². The summed E-state index contributed by atoms with van der Waals surface area (Å²) in [7, 11) is 1.60. The maximum absolute atomic E-state index is 14.4. The molecule has 0 unspecified atom stereocenters. The highest BCUT2D eigenvalue weighted by atomic mass is 79.9. The van der Waals surface area contributed by atoms with Crippen LogP contribution in [0.25, 0.3) is 16.8 Å². The van der Waals surface area contributed by atoms with Crippen LogP contribution in [-0.2, 0) is 11.4 Å². The van der Waals surface area contributed by atoms with Crippen molar-refractivity contribution in [2.45, 2.75) is 33.4 Å². The zero-order valence-corrected chi connectivity index (χ0v) is 28.8. The van der Waals surface area contributed by atoms with Crippen molar-refractivity contribution in [3.05, 3.63) is 137 Å². The highest BCUT2D eigenvalue weighted by Gasteiger charge is 2.36. The maximum Gasteiger partial charge on any atom is 0.271 e. The van der Waals surface area contributed by atoms with Crippen molar-refractivity contribution in [2.24, 2.45) is 4.99 Å². The molecule has 0 radical (unpaired) electrons. The number of carbonyl (C=O) groups is 1. The second kappa shape index (κ2) is 13.7. The molecule has 1 atom stereocenters. The Labute approximate surface area is 284 Å². The first-order valence-electron chi connectivity index (χ1n) is 15.3. The molecule has 6 rings (SSSR count). The Bertz CT molecular complexity index is 2200. The summed E-state index contributed by atoms with van der Waals surface area (Å²) in [5.74, 6) is 0.744. The molecular weight excluding hydrogens is 681 g/mol. The van der Waals surface area contributed by atoms with E-state index >= 15 is 0 Å². The Morgan fingerprint density at radius 3 is 2.47 bits per heavy atom. The number of allylic oxidation sites excluding steroid dienone is 1. The van der Waals surface area contributed by atoms with Gasteiger partial charge >= 0.3 is 0 Å². The van der Waals surface area contributed by atoms with Crippen molar-refractivity contribution in [3.63, 3.8) is 0 Å². The minimum Gasteiger partial charge on any atom is -0.496 e. The summed E-state index contributed by atoms with van der Waals surface area (Å²) in [5.41, 5.74) is 3.14. The molecule has 1 aromatic heterocycles. The lowest BCUT2D eigenvalue weighted by atomic mass is 9.90. The van der Waals surface area contributed by atoms with Crippen molar-refractivity contribution < 1.29 is 18.7 Å². The average molecular weight is 715 g/mol. The Balaban J connectivity index is 1.47. The van der Waals surface area contributed by atoms with Crippen LogP contribution in [0.2, 0.25) is 0 Å². The standard InChI is InChI=1S/C37H33BrFN3O4S/c1-5-41(6-2)36(44)32-22(3)40-37-42(34(32)33-27-10-8-7-9-25(27)14-18-30(33)45-4)35(43)31(47-37)20-24-13-17-29(28(38)19-24)46-21-23-11-15-26(39)16-12-23/h7-20,34H,5-6,21H2,1-4H3/b31-20+/t34-/m0/s1. The third-order valence-electron chi connectivity index (χ3n) is 8.29. The minimum atomic E-state index is -0.753. The van der Waals surface area contributed by atoms with Crippen LogP contribution in [0.4, 0.5) is 4.39 Å². The predicted octanol–water partition coefficient (Wildman–Crippen LogP) is 6.75. The molecule has 0 saturated heterocycles. The molecule has 7 nitrogen and oxygen atoms in total. The summed E-state index contributed by atoms with van der Waals surface area (Å²) in [6, 6.07) is 22.8. The molecular formula is C37H33BrFN3O4S. The topological polar surface area (TPSA) is 73.1 Å². The summed E-state index contributed by atoms with van der Waals surface area (Å²) < 4.78 is 27.9. The number of fused-ring (bicyclic) bond motifs is 2. The van der Waals surface area contributed by atoms with Crippen LogP contribution in [0.15, 0.2) is 104 Å². The fourth-order valence-corrected chi connectivity index (χ4v) is 7.46. The number of ether oxygens (including phenoxy) is 2.